The molecule has 1 heterocycles. The predicted molar refractivity (Wildman–Crippen MR) is 107 cm³/mol. The van der Waals surface area contributed by atoms with Crippen LogP contribution in [0, 0.1) is 0 Å². The van der Waals surface area contributed by atoms with Crippen LogP contribution in [0.2, 0.25) is 0 Å². The summed E-state index contributed by atoms with van der Waals surface area (Å²) < 4.78 is 5.20. The van der Waals surface area contributed by atoms with Crippen LogP contribution in [0.4, 0.5) is 4.79 Å². The van der Waals surface area contributed by atoms with Crippen LogP contribution in [0.5, 0.6) is 0 Å². The summed E-state index contributed by atoms with van der Waals surface area (Å²) in [5.74, 6) is -0.250. The Morgan fingerprint density at radius 2 is 2.00 bits per heavy atom. The Labute approximate surface area is 165 Å². The first-order chi connectivity index (χ1) is 13.6. The number of aliphatic hydroxyl groups is 1. The second-order valence-corrected chi connectivity index (χ2v) is 6.65. The van der Waals surface area contributed by atoms with E-state index in [1.165, 1.54) is 5.01 Å². The molecule has 0 spiro atoms. The van der Waals surface area contributed by atoms with Crippen molar-refractivity contribution in [3.05, 3.63) is 35.9 Å². The minimum absolute atomic E-state index is 0.0613. The molecule has 1 aromatic carbocycles. The molecule has 0 saturated heterocycles. The number of urea groups is 1. The van der Waals surface area contributed by atoms with E-state index in [4.69, 9.17) is 9.84 Å². The quantitative estimate of drug-likeness (QED) is 0.496. The third-order valence-corrected chi connectivity index (χ3v) is 4.61. The van der Waals surface area contributed by atoms with Crippen molar-refractivity contribution in [2.75, 3.05) is 32.9 Å². The summed E-state index contributed by atoms with van der Waals surface area (Å²) in [6.45, 7) is 3.25. The number of carbonyl (C=O) groups excluding carboxylic acids is 2. The lowest BCUT2D eigenvalue weighted by atomic mass is 9.87. The highest BCUT2D eigenvalue weighted by Crippen LogP contribution is 2.30. The molecule has 8 nitrogen and oxygen atoms in total. The Balaban J connectivity index is 2.10. The summed E-state index contributed by atoms with van der Waals surface area (Å²) in [4.78, 5) is 25.7. The van der Waals surface area contributed by atoms with Gasteiger partial charge in [-0.1, -0.05) is 37.3 Å². The van der Waals surface area contributed by atoms with Crippen LogP contribution in [0.15, 0.2) is 35.4 Å². The second kappa shape index (κ2) is 11.4. The molecular formula is C20H30N4O4. The number of carbonyl (C=O) groups is 2. The first-order valence-electron chi connectivity index (χ1n) is 9.75. The molecule has 0 fully saturated rings. The SMILES string of the molecule is CCCNC(=O)N1N=CCC1(CCc1ccccc1)C(=O)NCCOCCO. The molecule has 0 radical (unpaired) electrons. The largest absolute Gasteiger partial charge is 0.394 e. The fourth-order valence-corrected chi connectivity index (χ4v) is 3.10. The number of hydrazone groups is 1. The van der Waals surface area contributed by atoms with Crippen LogP contribution >= 0.6 is 0 Å². The molecule has 3 amide bonds. The molecule has 1 aromatic rings. The molecule has 2 rings (SSSR count). The van der Waals surface area contributed by atoms with Crippen molar-refractivity contribution in [2.45, 2.75) is 38.1 Å². The van der Waals surface area contributed by atoms with Crippen molar-refractivity contribution >= 4 is 18.2 Å². The van der Waals surface area contributed by atoms with Gasteiger partial charge >= 0.3 is 6.03 Å². The minimum atomic E-state index is -1.06. The Hall–Kier alpha value is -2.45. The van der Waals surface area contributed by atoms with E-state index in [0.29, 0.717) is 39.0 Å². The molecule has 0 aromatic heterocycles. The number of ether oxygens (including phenoxy) is 1. The zero-order valence-corrected chi connectivity index (χ0v) is 16.4. The van der Waals surface area contributed by atoms with E-state index in [-0.39, 0.29) is 25.2 Å². The lowest BCUT2D eigenvalue weighted by Gasteiger charge is -2.35. The van der Waals surface area contributed by atoms with Gasteiger partial charge in [0, 0.05) is 25.7 Å². The van der Waals surface area contributed by atoms with Crippen molar-refractivity contribution in [3.63, 3.8) is 0 Å². The van der Waals surface area contributed by atoms with Crippen molar-refractivity contribution < 1.29 is 19.4 Å². The maximum Gasteiger partial charge on any atom is 0.338 e. The molecule has 154 valence electrons. The number of benzene rings is 1. The molecule has 0 bridgehead atoms. The van der Waals surface area contributed by atoms with Crippen molar-refractivity contribution in [3.8, 4) is 0 Å². The Kier molecular flexibility index (Phi) is 8.90. The number of amides is 3. The Morgan fingerprint density at radius 1 is 1.21 bits per heavy atom. The van der Waals surface area contributed by atoms with Crippen LogP contribution in [0.1, 0.15) is 31.7 Å². The van der Waals surface area contributed by atoms with Gasteiger partial charge in [-0.2, -0.15) is 10.1 Å². The monoisotopic (exact) mass is 390 g/mol. The van der Waals surface area contributed by atoms with Gasteiger partial charge in [-0.25, -0.2) is 4.79 Å². The first-order valence-corrected chi connectivity index (χ1v) is 9.75. The smallest absolute Gasteiger partial charge is 0.338 e. The van der Waals surface area contributed by atoms with Gasteiger partial charge in [0.2, 0.25) is 5.91 Å². The predicted octanol–water partition coefficient (Wildman–Crippen LogP) is 1.29. The Bertz CT molecular complexity index is 653. The molecule has 0 aliphatic carbocycles. The normalized spacial score (nSPS) is 18.3. The van der Waals surface area contributed by atoms with E-state index in [2.05, 4.69) is 15.7 Å². The van der Waals surface area contributed by atoms with E-state index >= 15 is 0 Å². The van der Waals surface area contributed by atoms with Crippen LogP contribution in [0.3, 0.4) is 0 Å². The molecule has 1 unspecified atom stereocenters. The summed E-state index contributed by atoms with van der Waals surface area (Å²) in [6, 6.07) is 9.50. The van der Waals surface area contributed by atoms with E-state index in [1.54, 1.807) is 6.21 Å². The zero-order chi connectivity index (χ0) is 20.2. The van der Waals surface area contributed by atoms with Gasteiger partial charge in [0.05, 0.1) is 19.8 Å². The highest BCUT2D eigenvalue weighted by atomic mass is 16.5. The number of hydrogen-bond acceptors (Lipinski definition) is 5. The van der Waals surface area contributed by atoms with Gasteiger partial charge in [-0.15, -0.1) is 0 Å². The van der Waals surface area contributed by atoms with Crippen LogP contribution in [0.25, 0.3) is 0 Å². The van der Waals surface area contributed by atoms with Gasteiger partial charge < -0.3 is 20.5 Å². The summed E-state index contributed by atoms with van der Waals surface area (Å²) >= 11 is 0. The average molecular weight is 390 g/mol. The van der Waals surface area contributed by atoms with Crippen LogP contribution in [-0.4, -0.2) is 66.7 Å². The molecule has 1 atom stereocenters. The Morgan fingerprint density at radius 3 is 2.71 bits per heavy atom. The number of nitrogens with zero attached hydrogens (tertiary/aromatic N) is 2. The topological polar surface area (TPSA) is 103 Å². The van der Waals surface area contributed by atoms with E-state index in [1.807, 2.05) is 37.3 Å². The van der Waals surface area contributed by atoms with Gasteiger partial charge in [0.1, 0.15) is 0 Å². The summed E-state index contributed by atoms with van der Waals surface area (Å²) in [7, 11) is 0. The van der Waals surface area contributed by atoms with Crippen molar-refractivity contribution in [2.24, 2.45) is 5.10 Å². The fourth-order valence-electron chi connectivity index (χ4n) is 3.10. The number of hydrogen-bond donors (Lipinski definition) is 3. The summed E-state index contributed by atoms with van der Waals surface area (Å²) in [5, 5.41) is 19.9. The fraction of sp³-hybridized carbons (Fsp3) is 0.550. The van der Waals surface area contributed by atoms with Crippen molar-refractivity contribution in [1.29, 1.82) is 0 Å². The second-order valence-electron chi connectivity index (χ2n) is 6.65. The zero-order valence-electron chi connectivity index (χ0n) is 16.4. The van der Waals surface area contributed by atoms with Crippen LogP contribution < -0.4 is 10.6 Å². The average Bonchev–Trinajstić information content (AvgIpc) is 3.16. The highest BCUT2D eigenvalue weighted by molar-refractivity contribution is 5.95. The first kappa shape index (κ1) is 21.8. The van der Waals surface area contributed by atoms with Gasteiger partial charge in [0.25, 0.3) is 0 Å². The number of rotatable bonds is 11. The maximum atomic E-state index is 13.1. The third-order valence-electron chi connectivity index (χ3n) is 4.61. The number of nitrogens with one attached hydrogen (secondary N) is 2. The third kappa shape index (κ3) is 5.77. The molecular weight excluding hydrogens is 360 g/mol. The molecule has 3 N–H and O–H groups in total. The van der Waals surface area contributed by atoms with Gasteiger partial charge in [-0.3, -0.25) is 4.79 Å². The lowest BCUT2D eigenvalue weighted by molar-refractivity contribution is -0.131. The van der Waals surface area contributed by atoms with Gasteiger partial charge in [0.15, 0.2) is 5.54 Å². The summed E-state index contributed by atoms with van der Waals surface area (Å²) in [5.41, 5.74) is 0.0340. The standard InChI is InChI=1S/C20H30N4O4/c1-2-11-22-19(27)24-20(10-12-23-24,9-8-17-6-4-3-5-7-17)18(26)21-13-15-28-16-14-25/h3-7,12,25H,2,8-11,13-16H2,1H3,(H,21,26)(H,22,27). The molecule has 1 aliphatic rings. The maximum absolute atomic E-state index is 13.1. The number of aryl methyl sites for hydroxylation is 1. The molecule has 1 aliphatic heterocycles. The van der Waals surface area contributed by atoms with Crippen LogP contribution in [-0.2, 0) is 16.0 Å². The van der Waals surface area contributed by atoms with E-state index in [0.717, 1.165) is 12.0 Å². The molecule has 28 heavy (non-hydrogen) atoms. The van der Waals surface area contributed by atoms with Gasteiger partial charge in [-0.05, 0) is 24.8 Å². The van der Waals surface area contributed by atoms with E-state index < -0.39 is 5.54 Å². The van der Waals surface area contributed by atoms with Crippen molar-refractivity contribution in [1.82, 2.24) is 15.6 Å². The molecule has 0 saturated carbocycles. The highest BCUT2D eigenvalue weighted by Gasteiger charge is 2.48. The lowest BCUT2D eigenvalue weighted by Crippen LogP contribution is -2.59. The molecule has 8 heteroatoms. The minimum Gasteiger partial charge on any atom is -0.394 e. The summed E-state index contributed by atoms with van der Waals surface area (Å²) in [6.07, 6.45) is 3.89. The number of aliphatic hydroxyl groups excluding tert-OH is 1. The van der Waals surface area contributed by atoms with E-state index in [9.17, 15) is 9.59 Å².